The molecule has 5 heteroatoms. The first-order chi connectivity index (χ1) is 7.70. The van der Waals surface area contributed by atoms with Gasteiger partial charge >= 0.3 is 6.09 Å². The number of carboxylic acid groups (broad SMARTS) is 1. The fourth-order valence-electron chi connectivity index (χ4n) is 1.91. The van der Waals surface area contributed by atoms with Gasteiger partial charge in [0.25, 0.3) is 0 Å². The molecule has 2 N–H and O–H groups in total. The van der Waals surface area contributed by atoms with Crippen LogP contribution in [0.1, 0.15) is 11.3 Å². The van der Waals surface area contributed by atoms with E-state index in [0.717, 1.165) is 23.5 Å². The molecule has 0 saturated heterocycles. The maximum atomic E-state index is 10.9. The van der Waals surface area contributed by atoms with Gasteiger partial charge in [0.05, 0.1) is 0 Å². The molecule has 0 spiro atoms. The molecule has 0 unspecified atom stereocenters. The van der Waals surface area contributed by atoms with Gasteiger partial charge in [0, 0.05) is 32.3 Å². The van der Waals surface area contributed by atoms with Crippen LogP contribution >= 0.6 is 0 Å². The largest absolute Gasteiger partial charge is 0.465 e. The van der Waals surface area contributed by atoms with Crippen LogP contribution in [0.25, 0.3) is 0 Å². The molecule has 0 aromatic carbocycles. The highest BCUT2D eigenvalue weighted by Gasteiger charge is 2.18. The molecule has 0 aliphatic carbocycles. The minimum Gasteiger partial charge on any atom is -0.465 e. The number of nitrogens with zero attached hydrogens (tertiary/aromatic N) is 2. The van der Waals surface area contributed by atoms with Crippen LogP contribution in [0.2, 0.25) is 0 Å². The number of hydrogen-bond donors (Lipinski definition) is 2. The normalized spacial score (nSPS) is 15.2. The summed E-state index contributed by atoms with van der Waals surface area (Å²) in [4.78, 5) is 16.8. The van der Waals surface area contributed by atoms with E-state index in [0.29, 0.717) is 19.5 Å². The van der Waals surface area contributed by atoms with Crippen LogP contribution < -0.4 is 5.32 Å². The van der Waals surface area contributed by atoms with Crippen LogP contribution in [0.4, 0.5) is 10.6 Å². The van der Waals surface area contributed by atoms with E-state index in [-0.39, 0.29) is 0 Å². The summed E-state index contributed by atoms with van der Waals surface area (Å²) < 4.78 is 0. The van der Waals surface area contributed by atoms with Gasteiger partial charge in [-0.1, -0.05) is 6.07 Å². The Morgan fingerprint density at radius 2 is 2.19 bits per heavy atom. The summed E-state index contributed by atoms with van der Waals surface area (Å²) in [5.74, 6) is 0.836. The third-order valence-corrected chi connectivity index (χ3v) is 2.86. The number of carbonyl (C=O) groups is 1. The SMILES string of the molecule is CNc1ccc2c(n1)CCN(C(=O)O)CC2. The second-order valence-electron chi connectivity index (χ2n) is 3.82. The Morgan fingerprint density at radius 3 is 2.88 bits per heavy atom. The summed E-state index contributed by atoms with van der Waals surface area (Å²) in [5, 5.41) is 11.9. The molecule has 0 fully saturated rings. The quantitative estimate of drug-likeness (QED) is 0.748. The van der Waals surface area contributed by atoms with Gasteiger partial charge in [0.15, 0.2) is 0 Å². The molecule has 5 nitrogen and oxygen atoms in total. The lowest BCUT2D eigenvalue weighted by molar-refractivity contribution is 0.147. The fraction of sp³-hybridized carbons (Fsp3) is 0.455. The predicted molar refractivity (Wildman–Crippen MR) is 60.8 cm³/mol. The molecule has 1 aromatic rings. The Kier molecular flexibility index (Phi) is 2.94. The zero-order valence-electron chi connectivity index (χ0n) is 9.23. The zero-order chi connectivity index (χ0) is 11.5. The number of amides is 1. The molecule has 1 aliphatic heterocycles. The average Bonchev–Trinajstić information content (AvgIpc) is 2.50. The minimum atomic E-state index is -0.846. The van der Waals surface area contributed by atoms with Crippen molar-refractivity contribution in [2.24, 2.45) is 0 Å². The Morgan fingerprint density at radius 1 is 1.44 bits per heavy atom. The minimum absolute atomic E-state index is 0.530. The highest BCUT2D eigenvalue weighted by atomic mass is 16.4. The van der Waals surface area contributed by atoms with Gasteiger partial charge in [-0.3, -0.25) is 0 Å². The van der Waals surface area contributed by atoms with E-state index in [1.54, 1.807) is 0 Å². The van der Waals surface area contributed by atoms with Gasteiger partial charge in [-0.15, -0.1) is 0 Å². The third-order valence-electron chi connectivity index (χ3n) is 2.86. The van der Waals surface area contributed by atoms with E-state index in [1.165, 1.54) is 4.90 Å². The lowest BCUT2D eigenvalue weighted by Crippen LogP contribution is -2.31. The van der Waals surface area contributed by atoms with Crippen molar-refractivity contribution in [2.45, 2.75) is 12.8 Å². The number of pyridine rings is 1. The predicted octanol–water partition coefficient (Wildman–Crippen LogP) is 1.20. The molecule has 1 aromatic heterocycles. The lowest BCUT2D eigenvalue weighted by Gasteiger charge is -2.14. The summed E-state index contributed by atoms with van der Waals surface area (Å²) in [6.45, 7) is 1.09. The number of aromatic nitrogens is 1. The van der Waals surface area contributed by atoms with Gasteiger partial charge in [-0.2, -0.15) is 0 Å². The van der Waals surface area contributed by atoms with E-state index in [9.17, 15) is 4.79 Å². The summed E-state index contributed by atoms with van der Waals surface area (Å²) in [5.41, 5.74) is 2.17. The number of hydrogen-bond acceptors (Lipinski definition) is 3. The van der Waals surface area contributed by atoms with Crippen molar-refractivity contribution in [2.75, 3.05) is 25.5 Å². The van der Waals surface area contributed by atoms with Crippen LogP contribution in [0.5, 0.6) is 0 Å². The van der Waals surface area contributed by atoms with E-state index in [1.807, 2.05) is 19.2 Å². The van der Waals surface area contributed by atoms with Crippen molar-refractivity contribution in [1.82, 2.24) is 9.88 Å². The number of nitrogens with one attached hydrogen (secondary N) is 1. The molecule has 86 valence electrons. The molecule has 2 heterocycles. The number of anilines is 1. The van der Waals surface area contributed by atoms with Crippen LogP contribution in [-0.2, 0) is 12.8 Å². The van der Waals surface area contributed by atoms with Gasteiger partial charge in [0.1, 0.15) is 5.82 Å². The molecule has 16 heavy (non-hydrogen) atoms. The van der Waals surface area contributed by atoms with Crippen molar-refractivity contribution in [3.63, 3.8) is 0 Å². The van der Waals surface area contributed by atoms with Crippen molar-refractivity contribution in [3.05, 3.63) is 23.4 Å². The maximum absolute atomic E-state index is 10.9. The average molecular weight is 221 g/mol. The van der Waals surface area contributed by atoms with E-state index in [4.69, 9.17) is 5.11 Å². The smallest absolute Gasteiger partial charge is 0.407 e. The zero-order valence-corrected chi connectivity index (χ0v) is 9.23. The Balaban J connectivity index is 2.20. The topological polar surface area (TPSA) is 65.5 Å². The maximum Gasteiger partial charge on any atom is 0.407 e. The van der Waals surface area contributed by atoms with Crippen molar-refractivity contribution in [3.8, 4) is 0 Å². The second kappa shape index (κ2) is 4.38. The Hall–Kier alpha value is -1.78. The molecule has 0 radical (unpaired) electrons. The van der Waals surface area contributed by atoms with Crippen LogP contribution in [0.3, 0.4) is 0 Å². The standard InChI is InChI=1S/C11H15N3O2/c1-12-10-3-2-8-4-6-14(11(15)16)7-5-9(8)13-10/h2-3H,4-7H2,1H3,(H,12,13)(H,15,16). The van der Waals surface area contributed by atoms with Gasteiger partial charge in [0.2, 0.25) is 0 Å². The molecule has 2 rings (SSSR count). The first-order valence-electron chi connectivity index (χ1n) is 5.35. The Bertz CT molecular complexity index is 406. The second-order valence-corrected chi connectivity index (χ2v) is 3.82. The summed E-state index contributed by atoms with van der Waals surface area (Å²) in [6, 6.07) is 3.95. The molecular formula is C11H15N3O2. The van der Waals surface area contributed by atoms with Gasteiger partial charge in [-0.25, -0.2) is 9.78 Å². The molecular weight excluding hydrogens is 206 g/mol. The lowest BCUT2D eigenvalue weighted by atomic mass is 10.1. The van der Waals surface area contributed by atoms with Crippen LogP contribution in [-0.4, -0.2) is 41.2 Å². The van der Waals surface area contributed by atoms with Crippen molar-refractivity contribution >= 4 is 11.9 Å². The van der Waals surface area contributed by atoms with Crippen LogP contribution in [0.15, 0.2) is 12.1 Å². The molecule has 1 aliphatic rings. The highest BCUT2D eigenvalue weighted by Crippen LogP contribution is 2.16. The van der Waals surface area contributed by atoms with E-state index >= 15 is 0 Å². The monoisotopic (exact) mass is 221 g/mol. The summed E-state index contributed by atoms with van der Waals surface area (Å²) >= 11 is 0. The molecule has 0 saturated carbocycles. The van der Waals surface area contributed by atoms with Crippen molar-refractivity contribution in [1.29, 1.82) is 0 Å². The molecule has 1 amide bonds. The number of fused-ring (bicyclic) bond motifs is 1. The fourth-order valence-corrected chi connectivity index (χ4v) is 1.91. The first-order valence-corrected chi connectivity index (χ1v) is 5.35. The Labute approximate surface area is 94.1 Å². The van der Waals surface area contributed by atoms with Gasteiger partial charge in [-0.05, 0) is 18.1 Å². The van der Waals surface area contributed by atoms with Crippen molar-refractivity contribution < 1.29 is 9.90 Å². The van der Waals surface area contributed by atoms with E-state index in [2.05, 4.69) is 10.3 Å². The highest BCUT2D eigenvalue weighted by molar-refractivity contribution is 5.65. The number of rotatable bonds is 1. The third kappa shape index (κ3) is 2.08. The van der Waals surface area contributed by atoms with E-state index < -0.39 is 6.09 Å². The van der Waals surface area contributed by atoms with Gasteiger partial charge < -0.3 is 15.3 Å². The molecule has 0 bridgehead atoms. The summed E-state index contributed by atoms with van der Waals surface area (Å²) in [7, 11) is 1.83. The summed E-state index contributed by atoms with van der Waals surface area (Å²) in [6.07, 6.45) is 0.595. The first kappa shape index (κ1) is 10.7. The van der Waals surface area contributed by atoms with Crippen LogP contribution in [0, 0.1) is 0 Å². The molecule has 0 atom stereocenters.